The monoisotopic (exact) mass is 424 g/mol. The minimum Gasteiger partial charge on any atom is -0.490 e. The average Bonchev–Trinajstić information content (AvgIpc) is 2.67. The van der Waals surface area contributed by atoms with E-state index in [0.29, 0.717) is 0 Å². The maximum absolute atomic E-state index is 13.2. The number of carbonyl (C=O) groups is 1. The van der Waals surface area contributed by atoms with E-state index in [1.165, 1.54) is 18.3 Å². The molecule has 0 aliphatic rings. The van der Waals surface area contributed by atoms with Gasteiger partial charge in [-0.05, 0) is 43.5 Å². The van der Waals surface area contributed by atoms with Crippen LogP contribution in [0, 0.1) is 5.92 Å². The minimum atomic E-state index is -4.56. The smallest absolute Gasteiger partial charge is 0.416 e. The number of benzene rings is 1. The van der Waals surface area contributed by atoms with Gasteiger partial charge in [-0.2, -0.15) is 13.2 Å². The Labute approximate surface area is 173 Å². The molecule has 5 nitrogen and oxygen atoms in total. The van der Waals surface area contributed by atoms with E-state index in [4.69, 9.17) is 4.74 Å². The number of hydrogen-bond donors (Lipinski definition) is 2. The van der Waals surface area contributed by atoms with E-state index in [2.05, 4.69) is 17.2 Å². The molecule has 2 N–H and O–H groups in total. The number of carbonyl (C=O) groups excluding carboxylic acids is 1. The first-order valence-corrected chi connectivity index (χ1v) is 9.99. The van der Waals surface area contributed by atoms with Crippen LogP contribution in [-0.2, 0) is 6.18 Å². The van der Waals surface area contributed by atoms with Crippen LogP contribution in [0.3, 0.4) is 0 Å². The molecule has 1 aromatic heterocycles. The number of alkyl halides is 3. The molecule has 2 unspecified atom stereocenters. The number of ether oxygens (including phenoxy) is 1. The lowest BCUT2D eigenvalue weighted by Crippen LogP contribution is -2.24. The van der Waals surface area contributed by atoms with E-state index in [0.717, 1.165) is 43.9 Å². The fourth-order valence-electron chi connectivity index (χ4n) is 2.97. The lowest BCUT2D eigenvalue weighted by atomic mass is 9.98. The van der Waals surface area contributed by atoms with Crippen LogP contribution in [0.2, 0.25) is 0 Å². The topological polar surface area (TPSA) is 71.2 Å². The SMILES string of the molecule is CCCCCC(C)C(C)Oc1cc(C(F)(F)F)ccc1C(=O)Nc1cc[nH]c(=O)c1. The lowest BCUT2D eigenvalue weighted by molar-refractivity contribution is -0.137. The third-order valence-electron chi connectivity index (χ3n) is 4.96. The van der Waals surface area contributed by atoms with Gasteiger partial charge in [-0.3, -0.25) is 9.59 Å². The number of H-pyrrole nitrogens is 1. The third kappa shape index (κ3) is 6.64. The molecule has 1 amide bonds. The van der Waals surface area contributed by atoms with Crippen molar-refractivity contribution in [3.63, 3.8) is 0 Å². The Morgan fingerprint density at radius 3 is 2.53 bits per heavy atom. The normalized spacial score (nSPS) is 13.5. The summed E-state index contributed by atoms with van der Waals surface area (Å²) >= 11 is 0. The van der Waals surface area contributed by atoms with Crippen molar-refractivity contribution < 1.29 is 22.7 Å². The fourth-order valence-corrected chi connectivity index (χ4v) is 2.97. The molecule has 0 aliphatic heterocycles. The Balaban J connectivity index is 2.28. The van der Waals surface area contributed by atoms with Gasteiger partial charge >= 0.3 is 6.18 Å². The Morgan fingerprint density at radius 1 is 1.17 bits per heavy atom. The molecular weight excluding hydrogens is 397 g/mol. The number of hydrogen-bond acceptors (Lipinski definition) is 3. The standard InChI is InChI=1S/C22H27F3N2O3/c1-4-5-6-7-14(2)15(3)30-19-12-16(22(23,24)25)8-9-18(19)21(29)27-17-10-11-26-20(28)13-17/h8-15H,4-7H2,1-3H3,(H2,26,27,28,29). The molecule has 0 aliphatic carbocycles. The van der Waals surface area contributed by atoms with Crippen molar-refractivity contribution in [1.82, 2.24) is 4.98 Å². The highest BCUT2D eigenvalue weighted by atomic mass is 19.4. The number of anilines is 1. The summed E-state index contributed by atoms with van der Waals surface area (Å²) in [5.41, 5.74) is -1.10. The van der Waals surface area contributed by atoms with E-state index in [9.17, 15) is 22.8 Å². The Hall–Kier alpha value is -2.77. The van der Waals surface area contributed by atoms with Crippen molar-refractivity contribution in [3.8, 4) is 5.75 Å². The molecule has 2 atom stereocenters. The summed E-state index contributed by atoms with van der Waals surface area (Å²) in [6, 6.07) is 5.44. The maximum atomic E-state index is 13.2. The van der Waals surface area contributed by atoms with Crippen molar-refractivity contribution in [2.75, 3.05) is 5.32 Å². The third-order valence-corrected chi connectivity index (χ3v) is 4.96. The number of aromatic amines is 1. The second-order valence-electron chi connectivity index (χ2n) is 7.40. The molecule has 2 aromatic rings. The van der Waals surface area contributed by atoms with Crippen LogP contribution in [0.15, 0.2) is 41.3 Å². The zero-order valence-corrected chi connectivity index (χ0v) is 17.3. The quantitative estimate of drug-likeness (QED) is 0.513. The van der Waals surface area contributed by atoms with Gasteiger partial charge in [0.05, 0.1) is 17.2 Å². The summed E-state index contributed by atoms with van der Waals surface area (Å²) in [4.78, 5) is 26.5. The Morgan fingerprint density at radius 2 is 1.90 bits per heavy atom. The van der Waals surface area contributed by atoms with E-state index in [1.807, 2.05) is 6.92 Å². The van der Waals surface area contributed by atoms with Gasteiger partial charge in [0.1, 0.15) is 5.75 Å². The largest absolute Gasteiger partial charge is 0.490 e. The molecule has 1 aromatic carbocycles. The van der Waals surface area contributed by atoms with Crippen LogP contribution >= 0.6 is 0 Å². The van der Waals surface area contributed by atoms with E-state index >= 15 is 0 Å². The number of unbranched alkanes of at least 4 members (excludes halogenated alkanes) is 2. The molecule has 164 valence electrons. The van der Waals surface area contributed by atoms with Gasteiger partial charge in [0.25, 0.3) is 5.91 Å². The molecule has 8 heteroatoms. The van der Waals surface area contributed by atoms with Crippen LogP contribution in [0.25, 0.3) is 0 Å². The van der Waals surface area contributed by atoms with Crippen LogP contribution in [0.5, 0.6) is 5.75 Å². The number of halogens is 3. The van der Waals surface area contributed by atoms with Crippen LogP contribution in [-0.4, -0.2) is 17.0 Å². The van der Waals surface area contributed by atoms with Crippen LogP contribution in [0.4, 0.5) is 18.9 Å². The van der Waals surface area contributed by atoms with Crippen molar-refractivity contribution in [1.29, 1.82) is 0 Å². The van der Waals surface area contributed by atoms with E-state index in [1.54, 1.807) is 6.92 Å². The minimum absolute atomic E-state index is 0.0316. The molecule has 2 rings (SSSR count). The van der Waals surface area contributed by atoms with E-state index < -0.39 is 23.2 Å². The number of aromatic nitrogens is 1. The Kier molecular flexibility index (Phi) is 8.08. The molecule has 1 heterocycles. The highest BCUT2D eigenvalue weighted by Crippen LogP contribution is 2.34. The molecule has 0 bridgehead atoms. The highest BCUT2D eigenvalue weighted by Gasteiger charge is 2.32. The summed E-state index contributed by atoms with van der Waals surface area (Å²) in [5.74, 6) is -0.688. The van der Waals surface area contributed by atoms with Crippen molar-refractivity contribution >= 4 is 11.6 Å². The van der Waals surface area contributed by atoms with Gasteiger partial charge < -0.3 is 15.0 Å². The van der Waals surface area contributed by atoms with Gasteiger partial charge in [-0.1, -0.05) is 33.1 Å². The van der Waals surface area contributed by atoms with Crippen molar-refractivity contribution in [2.45, 2.75) is 58.7 Å². The summed E-state index contributed by atoms with van der Waals surface area (Å²) in [5, 5.41) is 2.52. The predicted molar refractivity (Wildman–Crippen MR) is 110 cm³/mol. The second kappa shape index (κ2) is 10.3. The molecular formula is C22H27F3N2O3. The summed E-state index contributed by atoms with van der Waals surface area (Å²) in [6.07, 6.45) is 0.452. The predicted octanol–water partition coefficient (Wildman–Crippen LogP) is 5.63. The zero-order valence-electron chi connectivity index (χ0n) is 17.3. The first kappa shape index (κ1) is 23.5. The summed E-state index contributed by atoms with van der Waals surface area (Å²) in [6.45, 7) is 5.86. The van der Waals surface area contributed by atoms with Gasteiger partial charge in [-0.15, -0.1) is 0 Å². The van der Waals surface area contributed by atoms with Crippen molar-refractivity contribution in [3.05, 3.63) is 58.0 Å². The number of rotatable bonds is 9. The van der Waals surface area contributed by atoms with Crippen molar-refractivity contribution in [2.24, 2.45) is 5.92 Å². The fraction of sp³-hybridized carbons (Fsp3) is 0.455. The van der Waals surface area contributed by atoms with Crippen LogP contribution < -0.4 is 15.6 Å². The van der Waals surface area contributed by atoms with Gasteiger partial charge in [0, 0.05) is 18.0 Å². The number of pyridine rings is 1. The number of amides is 1. The molecule has 30 heavy (non-hydrogen) atoms. The van der Waals surface area contributed by atoms with Gasteiger partial charge in [0.15, 0.2) is 0 Å². The molecule has 0 saturated heterocycles. The second-order valence-corrected chi connectivity index (χ2v) is 7.40. The highest BCUT2D eigenvalue weighted by molar-refractivity contribution is 6.06. The summed E-state index contributed by atoms with van der Waals surface area (Å²) in [7, 11) is 0. The van der Waals surface area contributed by atoms with E-state index in [-0.39, 0.29) is 29.0 Å². The summed E-state index contributed by atoms with van der Waals surface area (Å²) < 4.78 is 45.4. The first-order valence-electron chi connectivity index (χ1n) is 9.99. The van der Waals surface area contributed by atoms with Gasteiger partial charge in [0.2, 0.25) is 5.56 Å². The van der Waals surface area contributed by atoms with Gasteiger partial charge in [-0.25, -0.2) is 0 Å². The van der Waals surface area contributed by atoms with Crippen LogP contribution in [0.1, 0.15) is 62.4 Å². The Bertz CT molecular complexity index is 909. The first-order chi connectivity index (χ1) is 14.1. The average molecular weight is 424 g/mol. The molecule has 0 fully saturated rings. The maximum Gasteiger partial charge on any atom is 0.416 e. The molecule has 0 radical (unpaired) electrons. The molecule has 0 spiro atoms. The lowest BCUT2D eigenvalue weighted by Gasteiger charge is -2.23. The number of nitrogens with one attached hydrogen (secondary N) is 2. The zero-order chi connectivity index (χ0) is 22.3. The molecule has 0 saturated carbocycles.